The summed E-state index contributed by atoms with van der Waals surface area (Å²) in [5.41, 5.74) is 1.63. The van der Waals surface area contributed by atoms with Gasteiger partial charge in [-0.1, -0.05) is 6.07 Å². The fourth-order valence-electron chi connectivity index (χ4n) is 1.45. The van der Waals surface area contributed by atoms with Crippen LogP contribution in [-0.2, 0) is 19.1 Å². The van der Waals surface area contributed by atoms with E-state index in [0.29, 0.717) is 5.69 Å². The molecule has 1 rings (SSSR count). The predicted octanol–water partition coefficient (Wildman–Crippen LogP) is 1.39. The van der Waals surface area contributed by atoms with Crippen LogP contribution < -0.4 is 10.2 Å². The van der Waals surface area contributed by atoms with Crippen LogP contribution in [0, 0.1) is 0 Å². The number of benzene rings is 1. The second kappa shape index (κ2) is 7.18. The summed E-state index contributed by atoms with van der Waals surface area (Å²) in [6, 6.07) is 7.38. The Morgan fingerprint density at radius 2 is 1.90 bits per heavy atom. The van der Waals surface area contributed by atoms with Crippen LogP contribution in [0.5, 0.6) is 0 Å². The van der Waals surface area contributed by atoms with Gasteiger partial charge in [-0.2, -0.15) is 0 Å². The highest BCUT2D eigenvalue weighted by Gasteiger charge is 2.13. The van der Waals surface area contributed by atoms with Gasteiger partial charge >= 0.3 is 11.9 Å². The van der Waals surface area contributed by atoms with Crippen LogP contribution in [0.4, 0.5) is 11.4 Å². The summed E-state index contributed by atoms with van der Waals surface area (Å²) in [4.78, 5) is 24.8. The van der Waals surface area contributed by atoms with E-state index >= 15 is 0 Å². The molecule has 20 heavy (non-hydrogen) atoms. The molecule has 0 aromatic heterocycles. The second-order valence-corrected chi connectivity index (χ2v) is 4.14. The monoisotopic (exact) mass is 278 g/mol. The maximum atomic E-state index is 11.6. The van der Waals surface area contributed by atoms with Crippen molar-refractivity contribution in [1.82, 2.24) is 0 Å². The van der Waals surface area contributed by atoms with Crippen molar-refractivity contribution in [3.63, 3.8) is 0 Å². The summed E-state index contributed by atoms with van der Waals surface area (Å²) in [6.45, 7) is 0. The van der Waals surface area contributed by atoms with Gasteiger partial charge in [-0.15, -0.1) is 0 Å². The SMILES string of the molecule is COC(=O)/C=C(\Nc1cccc(N(C)C)c1)C(=O)OC. The molecule has 0 heterocycles. The summed E-state index contributed by atoms with van der Waals surface area (Å²) in [7, 11) is 6.29. The minimum atomic E-state index is -0.648. The van der Waals surface area contributed by atoms with Crippen molar-refractivity contribution in [2.45, 2.75) is 0 Å². The molecule has 0 atom stereocenters. The van der Waals surface area contributed by atoms with E-state index < -0.39 is 11.9 Å². The lowest BCUT2D eigenvalue weighted by atomic mass is 10.2. The number of hydrogen-bond donors (Lipinski definition) is 1. The Kier molecular flexibility index (Phi) is 5.58. The lowest BCUT2D eigenvalue weighted by Gasteiger charge is -2.15. The molecule has 108 valence electrons. The van der Waals surface area contributed by atoms with Gasteiger partial charge in [0.25, 0.3) is 0 Å². The Labute approximate surface area is 118 Å². The molecule has 0 unspecified atom stereocenters. The van der Waals surface area contributed by atoms with E-state index in [0.717, 1.165) is 11.8 Å². The lowest BCUT2D eigenvalue weighted by Crippen LogP contribution is -2.16. The molecule has 6 heteroatoms. The van der Waals surface area contributed by atoms with Crippen LogP contribution >= 0.6 is 0 Å². The highest BCUT2D eigenvalue weighted by atomic mass is 16.5. The quantitative estimate of drug-likeness (QED) is 0.648. The van der Waals surface area contributed by atoms with Gasteiger partial charge in [0.15, 0.2) is 0 Å². The van der Waals surface area contributed by atoms with E-state index in [2.05, 4.69) is 14.8 Å². The highest BCUT2D eigenvalue weighted by Crippen LogP contribution is 2.19. The molecule has 6 nitrogen and oxygen atoms in total. The third-order valence-electron chi connectivity index (χ3n) is 2.51. The van der Waals surface area contributed by atoms with E-state index in [1.165, 1.54) is 14.2 Å². The van der Waals surface area contributed by atoms with Gasteiger partial charge in [-0.05, 0) is 18.2 Å². The molecule has 0 aliphatic carbocycles. The summed E-state index contributed by atoms with van der Waals surface area (Å²) in [6.07, 6.45) is 1.05. The summed E-state index contributed by atoms with van der Waals surface area (Å²) < 4.78 is 9.12. The number of ether oxygens (including phenoxy) is 2. The maximum Gasteiger partial charge on any atom is 0.354 e. The predicted molar refractivity (Wildman–Crippen MR) is 76.5 cm³/mol. The molecular weight excluding hydrogens is 260 g/mol. The van der Waals surface area contributed by atoms with Crippen LogP contribution in [0.3, 0.4) is 0 Å². The van der Waals surface area contributed by atoms with Gasteiger partial charge in [0, 0.05) is 25.5 Å². The molecule has 1 aromatic rings. The van der Waals surface area contributed by atoms with Crippen molar-refractivity contribution in [2.24, 2.45) is 0 Å². The normalized spacial score (nSPS) is 10.7. The van der Waals surface area contributed by atoms with E-state index in [1.807, 2.05) is 37.2 Å². The molecule has 0 bridgehead atoms. The zero-order valence-electron chi connectivity index (χ0n) is 12.0. The van der Waals surface area contributed by atoms with Crippen LogP contribution in [-0.4, -0.2) is 40.3 Å². The Morgan fingerprint density at radius 1 is 1.20 bits per heavy atom. The molecule has 0 radical (unpaired) electrons. The van der Waals surface area contributed by atoms with Crippen LogP contribution in [0.1, 0.15) is 0 Å². The Hall–Kier alpha value is -2.50. The average Bonchev–Trinajstić information content (AvgIpc) is 2.45. The average molecular weight is 278 g/mol. The first-order valence-corrected chi connectivity index (χ1v) is 5.90. The van der Waals surface area contributed by atoms with Crippen LogP contribution in [0.25, 0.3) is 0 Å². The van der Waals surface area contributed by atoms with Crippen molar-refractivity contribution in [3.05, 3.63) is 36.0 Å². The number of methoxy groups -OCH3 is 2. The number of carbonyl (C=O) groups is 2. The molecule has 1 N–H and O–H groups in total. The molecule has 0 fully saturated rings. The number of nitrogens with one attached hydrogen (secondary N) is 1. The summed E-state index contributed by atoms with van der Waals surface area (Å²) in [5, 5.41) is 2.85. The molecule has 0 saturated heterocycles. The largest absolute Gasteiger partial charge is 0.466 e. The van der Waals surface area contributed by atoms with Gasteiger partial charge in [0.1, 0.15) is 5.70 Å². The first-order valence-electron chi connectivity index (χ1n) is 5.90. The topological polar surface area (TPSA) is 67.9 Å². The van der Waals surface area contributed by atoms with Crippen molar-refractivity contribution >= 4 is 23.3 Å². The van der Waals surface area contributed by atoms with E-state index in [-0.39, 0.29) is 5.70 Å². The van der Waals surface area contributed by atoms with Crippen molar-refractivity contribution < 1.29 is 19.1 Å². The maximum absolute atomic E-state index is 11.6. The number of esters is 2. The standard InChI is InChI=1S/C14H18N2O4/c1-16(2)11-7-5-6-10(8-11)15-12(14(18)20-4)9-13(17)19-3/h5-9,15H,1-4H3/b12-9-. The molecule has 0 amide bonds. The zero-order valence-corrected chi connectivity index (χ0v) is 12.0. The summed E-state index contributed by atoms with van der Waals surface area (Å²) in [5.74, 6) is -1.28. The van der Waals surface area contributed by atoms with E-state index in [1.54, 1.807) is 6.07 Å². The fourth-order valence-corrected chi connectivity index (χ4v) is 1.45. The van der Waals surface area contributed by atoms with Crippen molar-refractivity contribution in [1.29, 1.82) is 0 Å². The smallest absolute Gasteiger partial charge is 0.354 e. The lowest BCUT2D eigenvalue weighted by molar-refractivity contribution is -0.138. The minimum absolute atomic E-state index is 0.00950. The molecule has 0 spiro atoms. The molecule has 0 aliphatic rings. The highest BCUT2D eigenvalue weighted by molar-refractivity contribution is 5.98. The summed E-state index contributed by atoms with van der Waals surface area (Å²) >= 11 is 0. The molecular formula is C14H18N2O4. The van der Waals surface area contributed by atoms with E-state index in [9.17, 15) is 9.59 Å². The first-order chi connectivity index (χ1) is 9.47. The third kappa shape index (κ3) is 4.31. The minimum Gasteiger partial charge on any atom is -0.466 e. The van der Waals surface area contributed by atoms with Crippen molar-refractivity contribution in [2.75, 3.05) is 38.5 Å². The number of carbonyl (C=O) groups excluding carboxylic acids is 2. The van der Waals surface area contributed by atoms with Gasteiger partial charge in [0.2, 0.25) is 0 Å². The fraction of sp³-hybridized carbons (Fsp3) is 0.286. The zero-order chi connectivity index (χ0) is 15.1. The number of anilines is 2. The van der Waals surface area contributed by atoms with Gasteiger partial charge < -0.3 is 19.7 Å². The molecule has 1 aromatic carbocycles. The van der Waals surface area contributed by atoms with Crippen LogP contribution in [0.15, 0.2) is 36.0 Å². The van der Waals surface area contributed by atoms with E-state index in [4.69, 9.17) is 0 Å². The number of hydrogen-bond acceptors (Lipinski definition) is 6. The number of rotatable bonds is 5. The van der Waals surface area contributed by atoms with Crippen LogP contribution in [0.2, 0.25) is 0 Å². The van der Waals surface area contributed by atoms with Gasteiger partial charge in [-0.25, -0.2) is 9.59 Å². The van der Waals surface area contributed by atoms with Gasteiger partial charge in [-0.3, -0.25) is 0 Å². The van der Waals surface area contributed by atoms with Gasteiger partial charge in [0.05, 0.1) is 20.3 Å². The second-order valence-electron chi connectivity index (χ2n) is 4.14. The molecule has 0 saturated carbocycles. The Morgan fingerprint density at radius 3 is 2.45 bits per heavy atom. The first kappa shape index (κ1) is 15.6. The Balaban J connectivity index is 3.01. The van der Waals surface area contributed by atoms with Crippen molar-refractivity contribution in [3.8, 4) is 0 Å². The third-order valence-corrected chi connectivity index (χ3v) is 2.51. The molecule has 0 aliphatic heterocycles. The number of nitrogens with zero attached hydrogens (tertiary/aromatic N) is 1. The Bertz CT molecular complexity index is 524.